The van der Waals surface area contributed by atoms with Crippen molar-refractivity contribution >= 4 is 24.8 Å². The van der Waals surface area contributed by atoms with Crippen LogP contribution in [0, 0.1) is 0 Å². The van der Waals surface area contributed by atoms with Crippen LogP contribution in [0.1, 0.15) is 6.23 Å². The highest BCUT2D eigenvalue weighted by molar-refractivity contribution is 7.43. The van der Waals surface area contributed by atoms with Gasteiger partial charge in [0.05, 0.1) is 14.4 Å². The molecule has 0 spiro atoms. The number of nitrogens with zero attached hydrogens (tertiary/aromatic N) is 4. The summed E-state index contributed by atoms with van der Waals surface area (Å²) in [5.74, 6) is 0.0844. The van der Waals surface area contributed by atoms with Crippen LogP contribution in [-0.4, -0.2) is 54.7 Å². The van der Waals surface area contributed by atoms with Crippen LogP contribution < -0.4 is 15.5 Å². The van der Waals surface area contributed by atoms with Crippen molar-refractivity contribution in [1.29, 1.82) is 0 Å². The molecule has 3 rings (SSSR count). The number of ether oxygens (including phenoxy) is 1. The van der Waals surface area contributed by atoms with E-state index in [1.54, 1.807) is 0 Å². The summed E-state index contributed by atoms with van der Waals surface area (Å²) in [6.07, 6.45) is -2.77. The van der Waals surface area contributed by atoms with Crippen molar-refractivity contribution in [3.63, 3.8) is 0 Å². The minimum atomic E-state index is -5.22. The maximum absolute atomic E-state index is 10.5. The molecule has 4 atom stereocenters. The molecular weight excluding hydrogens is 333 g/mol. The second-order valence-electron chi connectivity index (χ2n) is 4.87. The molecule has 0 radical (unpaired) electrons. The Bertz CT molecular complexity index is 763. The zero-order chi connectivity index (χ0) is 16.8. The predicted octanol–water partition coefficient (Wildman–Crippen LogP) is -3.13. The van der Waals surface area contributed by atoms with Gasteiger partial charge in [0.25, 0.3) is 0 Å². The number of anilines is 1. The van der Waals surface area contributed by atoms with Crippen LogP contribution in [0.4, 0.5) is 5.82 Å². The third-order valence-electron chi connectivity index (χ3n) is 3.40. The fourth-order valence-electron chi connectivity index (χ4n) is 2.35. The zero-order valence-electron chi connectivity index (χ0n) is 11.4. The van der Waals surface area contributed by atoms with Crippen molar-refractivity contribution in [3.05, 3.63) is 12.7 Å². The smallest absolute Gasteiger partial charge is 0.183 e. The standard InChI is InChI=1S/C10H14N5O7P/c11-8-5-9(13-2-12-8)14-3-15(5)10-7(17)6(16)4(22-10)1-21-23(18,19)20/h2-4,6-7,10,16-17H,1H2,(H2,11,12,13)(H2,18,19,20)/p-2/t4-,6-,7-,10-/m1/s1. The molecule has 23 heavy (non-hydrogen) atoms. The highest BCUT2D eigenvalue weighted by Gasteiger charge is 2.44. The normalized spacial score (nSPS) is 28.5. The molecule has 0 bridgehead atoms. The summed E-state index contributed by atoms with van der Waals surface area (Å²) in [5.41, 5.74) is 6.28. The second kappa shape index (κ2) is 5.76. The lowest BCUT2D eigenvalue weighted by Gasteiger charge is -2.30. The summed E-state index contributed by atoms with van der Waals surface area (Å²) in [5, 5.41) is 20.0. The van der Waals surface area contributed by atoms with Crippen LogP contribution in [0.2, 0.25) is 0 Å². The number of nitrogen functional groups attached to an aromatic ring is 1. The molecule has 4 N–H and O–H groups in total. The number of imidazole rings is 1. The molecular formula is C10H12N5O7P-2. The van der Waals surface area contributed by atoms with E-state index in [1.165, 1.54) is 17.2 Å². The Kier molecular flexibility index (Phi) is 4.06. The number of fused-ring (bicyclic) bond motifs is 1. The summed E-state index contributed by atoms with van der Waals surface area (Å²) in [6.45, 7) is -0.725. The van der Waals surface area contributed by atoms with E-state index in [2.05, 4.69) is 19.5 Å². The molecule has 1 saturated heterocycles. The third kappa shape index (κ3) is 3.05. The molecule has 2 aromatic rings. The van der Waals surface area contributed by atoms with E-state index in [-0.39, 0.29) is 17.0 Å². The van der Waals surface area contributed by atoms with Gasteiger partial charge >= 0.3 is 0 Å². The largest absolute Gasteiger partial charge is 0.790 e. The molecule has 1 aliphatic heterocycles. The van der Waals surface area contributed by atoms with Crippen LogP contribution in [0.5, 0.6) is 0 Å². The van der Waals surface area contributed by atoms with Crippen LogP contribution in [0.25, 0.3) is 11.2 Å². The van der Waals surface area contributed by atoms with Gasteiger partial charge in [-0.3, -0.25) is 4.57 Å². The molecule has 0 saturated carbocycles. The Labute approximate surface area is 128 Å². The molecule has 13 heteroatoms. The van der Waals surface area contributed by atoms with Crippen LogP contribution in [0.15, 0.2) is 12.7 Å². The Morgan fingerprint density at radius 3 is 2.78 bits per heavy atom. The summed E-state index contributed by atoms with van der Waals surface area (Å²) >= 11 is 0. The first-order chi connectivity index (χ1) is 10.8. The highest BCUT2D eigenvalue weighted by Crippen LogP contribution is 2.34. The average molecular weight is 345 g/mol. The van der Waals surface area contributed by atoms with Gasteiger partial charge in [-0.1, -0.05) is 0 Å². The van der Waals surface area contributed by atoms with E-state index in [4.69, 9.17) is 10.5 Å². The van der Waals surface area contributed by atoms with Gasteiger partial charge in [0.15, 0.2) is 17.7 Å². The Balaban J connectivity index is 1.87. The number of aromatic nitrogens is 4. The summed E-state index contributed by atoms with van der Waals surface area (Å²) in [6, 6.07) is 0. The fraction of sp³-hybridized carbons (Fsp3) is 0.500. The van der Waals surface area contributed by atoms with Crippen molar-refractivity contribution in [2.24, 2.45) is 0 Å². The summed E-state index contributed by atoms with van der Waals surface area (Å²) < 4.78 is 21.3. The van der Waals surface area contributed by atoms with Crippen LogP contribution in [-0.2, 0) is 13.8 Å². The van der Waals surface area contributed by atoms with Gasteiger partial charge in [0.1, 0.15) is 36.5 Å². The van der Waals surface area contributed by atoms with Gasteiger partial charge < -0.3 is 39.6 Å². The second-order valence-corrected chi connectivity index (χ2v) is 6.02. The Hall–Kier alpha value is -1.66. The van der Waals surface area contributed by atoms with Gasteiger partial charge in [-0.05, 0) is 0 Å². The van der Waals surface area contributed by atoms with E-state index in [9.17, 15) is 24.6 Å². The lowest BCUT2D eigenvalue weighted by molar-refractivity contribution is -0.343. The monoisotopic (exact) mass is 345 g/mol. The van der Waals surface area contributed by atoms with E-state index in [1.807, 2.05) is 0 Å². The predicted molar refractivity (Wildman–Crippen MR) is 69.2 cm³/mol. The van der Waals surface area contributed by atoms with Gasteiger partial charge in [0, 0.05) is 0 Å². The lowest BCUT2D eigenvalue weighted by atomic mass is 10.1. The number of rotatable bonds is 4. The SMILES string of the molecule is Nc1ncnc2ncn([C@@H]3O[C@H](COP(=O)([O-])[O-])[C@@H](O)[C@H]3O)c12. The Morgan fingerprint density at radius 1 is 1.35 bits per heavy atom. The van der Waals surface area contributed by atoms with Crippen molar-refractivity contribution < 1.29 is 33.8 Å². The highest BCUT2D eigenvalue weighted by atomic mass is 31.2. The van der Waals surface area contributed by atoms with Gasteiger partial charge in [-0.2, -0.15) is 0 Å². The van der Waals surface area contributed by atoms with Crippen LogP contribution >= 0.6 is 7.82 Å². The topological polar surface area (TPSA) is 192 Å². The number of phosphoric ester groups is 1. The molecule has 2 aromatic heterocycles. The number of phosphoric acid groups is 1. The van der Waals surface area contributed by atoms with E-state index in [0.29, 0.717) is 0 Å². The zero-order valence-corrected chi connectivity index (χ0v) is 12.3. The number of nitrogens with two attached hydrogens (primary N) is 1. The molecule has 12 nitrogen and oxygen atoms in total. The van der Waals surface area contributed by atoms with E-state index in [0.717, 1.165) is 0 Å². The number of aliphatic hydroxyl groups excluding tert-OH is 2. The van der Waals surface area contributed by atoms with E-state index < -0.39 is 39.0 Å². The molecule has 126 valence electrons. The van der Waals surface area contributed by atoms with E-state index >= 15 is 0 Å². The molecule has 1 aliphatic rings. The molecule has 0 aromatic carbocycles. The maximum Gasteiger partial charge on any atom is 0.183 e. The van der Waals surface area contributed by atoms with Gasteiger partial charge in [0.2, 0.25) is 0 Å². The molecule has 3 heterocycles. The number of aliphatic hydroxyl groups is 2. The van der Waals surface area contributed by atoms with Crippen molar-refractivity contribution in [2.75, 3.05) is 12.3 Å². The first kappa shape index (κ1) is 16.2. The van der Waals surface area contributed by atoms with Gasteiger partial charge in [-0.15, -0.1) is 0 Å². The van der Waals surface area contributed by atoms with Gasteiger partial charge in [-0.25, -0.2) is 15.0 Å². The number of hydrogen-bond acceptors (Lipinski definition) is 11. The lowest BCUT2D eigenvalue weighted by Crippen LogP contribution is -2.34. The molecule has 0 unspecified atom stereocenters. The summed E-state index contributed by atoms with van der Waals surface area (Å²) in [4.78, 5) is 32.7. The molecule has 0 amide bonds. The Morgan fingerprint density at radius 2 is 2.09 bits per heavy atom. The third-order valence-corrected chi connectivity index (χ3v) is 3.87. The van der Waals surface area contributed by atoms with Crippen LogP contribution in [0.3, 0.4) is 0 Å². The quantitative estimate of drug-likeness (QED) is 0.474. The average Bonchev–Trinajstić information content (AvgIpc) is 3.01. The molecule has 0 aliphatic carbocycles. The van der Waals surface area contributed by atoms with Crippen molar-refractivity contribution in [1.82, 2.24) is 19.5 Å². The maximum atomic E-state index is 10.5. The van der Waals surface area contributed by atoms with Crippen molar-refractivity contribution in [2.45, 2.75) is 24.5 Å². The minimum absolute atomic E-state index is 0.0844. The minimum Gasteiger partial charge on any atom is -0.790 e. The molecule has 1 fully saturated rings. The van der Waals surface area contributed by atoms with Crippen molar-refractivity contribution in [3.8, 4) is 0 Å². The fourth-order valence-corrected chi connectivity index (χ4v) is 2.68. The first-order valence-corrected chi connectivity index (χ1v) is 7.85. The summed E-state index contributed by atoms with van der Waals surface area (Å²) in [7, 11) is -5.22. The first-order valence-electron chi connectivity index (χ1n) is 6.39. The number of hydrogen-bond donors (Lipinski definition) is 3.